The summed E-state index contributed by atoms with van der Waals surface area (Å²) in [5.41, 5.74) is 0.204. The summed E-state index contributed by atoms with van der Waals surface area (Å²) < 4.78 is 27.6. The average Bonchev–Trinajstić information content (AvgIpc) is 2.56. The number of amides is 1. The average molecular weight is 341 g/mol. The van der Waals surface area contributed by atoms with Gasteiger partial charge >= 0.3 is 0 Å². The number of benzene rings is 1. The summed E-state index contributed by atoms with van der Waals surface area (Å²) in [5.74, 6) is -0.277. The molecule has 0 aliphatic carbocycles. The third kappa shape index (κ3) is 5.60. The van der Waals surface area contributed by atoms with Crippen LogP contribution in [0, 0.1) is 0 Å². The highest BCUT2D eigenvalue weighted by Gasteiger charge is 2.23. The minimum Gasteiger partial charge on any atom is -0.342 e. The minimum absolute atomic E-state index is 0.000124. The standard InChI is InChI=1S/C16H27N3O3S/c1-5-6-11-19(4)16(20)14-9-7-8-10-15(14)23(21,22)18-12-13(2)17-3/h7-10,13,17-18H,5-6,11-12H2,1-4H3. The summed E-state index contributed by atoms with van der Waals surface area (Å²) in [6.07, 6.45) is 1.86. The van der Waals surface area contributed by atoms with Gasteiger partial charge in [-0.3, -0.25) is 4.79 Å². The van der Waals surface area contributed by atoms with Crippen molar-refractivity contribution in [2.45, 2.75) is 37.6 Å². The Labute approximate surface area is 139 Å². The van der Waals surface area contributed by atoms with Crippen LogP contribution in [0.1, 0.15) is 37.0 Å². The zero-order valence-corrected chi connectivity index (χ0v) is 15.1. The summed E-state index contributed by atoms with van der Waals surface area (Å²) in [6.45, 7) is 4.78. The minimum atomic E-state index is -3.73. The number of carbonyl (C=O) groups is 1. The van der Waals surface area contributed by atoms with Crippen LogP contribution in [-0.2, 0) is 10.0 Å². The predicted octanol–water partition coefficient (Wildman–Crippen LogP) is 1.44. The largest absolute Gasteiger partial charge is 0.342 e. The van der Waals surface area contributed by atoms with Gasteiger partial charge in [0.05, 0.1) is 10.5 Å². The lowest BCUT2D eigenvalue weighted by molar-refractivity contribution is 0.0789. The molecule has 23 heavy (non-hydrogen) atoms. The molecule has 0 aliphatic rings. The number of carbonyl (C=O) groups excluding carboxylic acids is 1. The van der Waals surface area contributed by atoms with E-state index >= 15 is 0 Å². The van der Waals surface area contributed by atoms with Gasteiger partial charge in [0.1, 0.15) is 0 Å². The fourth-order valence-electron chi connectivity index (χ4n) is 1.99. The van der Waals surface area contributed by atoms with Gasteiger partial charge in [-0.1, -0.05) is 25.5 Å². The summed E-state index contributed by atoms with van der Waals surface area (Å²) in [6, 6.07) is 6.32. The normalized spacial score (nSPS) is 12.9. The van der Waals surface area contributed by atoms with Gasteiger partial charge in [0, 0.05) is 26.2 Å². The Kier molecular flexibility index (Phi) is 7.67. The molecule has 1 rings (SSSR count). The van der Waals surface area contributed by atoms with E-state index in [-0.39, 0.29) is 29.0 Å². The van der Waals surface area contributed by atoms with Crippen molar-refractivity contribution < 1.29 is 13.2 Å². The van der Waals surface area contributed by atoms with Crippen LogP contribution in [0.25, 0.3) is 0 Å². The second-order valence-corrected chi connectivity index (χ2v) is 7.35. The molecule has 0 saturated heterocycles. The van der Waals surface area contributed by atoms with Crippen molar-refractivity contribution in [1.82, 2.24) is 14.9 Å². The molecule has 0 aliphatic heterocycles. The lowest BCUT2D eigenvalue weighted by Crippen LogP contribution is -2.38. The Morgan fingerprint density at radius 1 is 1.30 bits per heavy atom. The van der Waals surface area contributed by atoms with Crippen molar-refractivity contribution in [3.8, 4) is 0 Å². The van der Waals surface area contributed by atoms with E-state index < -0.39 is 10.0 Å². The molecule has 0 bridgehead atoms. The number of sulfonamides is 1. The van der Waals surface area contributed by atoms with Crippen LogP contribution in [0.3, 0.4) is 0 Å². The molecule has 0 heterocycles. The van der Waals surface area contributed by atoms with Gasteiger partial charge in [-0.25, -0.2) is 13.1 Å². The maximum atomic E-state index is 12.5. The molecule has 1 unspecified atom stereocenters. The van der Waals surface area contributed by atoms with Crippen LogP contribution in [-0.4, -0.2) is 52.5 Å². The first-order valence-corrected chi connectivity index (χ1v) is 9.33. The number of rotatable bonds is 9. The van der Waals surface area contributed by atoms with E-state index in [0.29, 0.717) is 6.54 Å². The first-order valence-electron chi connectivity index (χ1n) is 7.85. The summed E-state index contributed by atoms with van der Waals surface area (Å²) >= 11 is 0. The topological polar surface area (TPSA) is 78.5 Å². The van der Waals surface area contributed by atoms with Gasteiger partial charge in [-0.15, -0.1) is 0 Å². The summed E-state index contributed by atoms with van der Waals surface area (Å²) in [5, 5.41) is 2.97. The van der Waals surface area contributed by atoms with E-state index in [2.05, 4.69) is 10.0 Å². The fraction of sp³-hybridized carbons (Fsp3) is 0.562. The van der Waals surface area contributed by atoms with Crippen molar-refractivity contribution in [3.63, 3.8) is 0 Å². The Balaban J connectivity index is 3.02. The maximum absolute atomic E-state index is 12.5. The van der Waals surface area contributed by atoms with Crippen LogP contribution in [0.15, 0.2) is 29.2 Å². The van der Waals surface area contributed by atoms with E-state index in [1.54, 1.807) is 37.2 Å². The predicted molar refractivity (Wildman–Crippen MR) is 92.0 cm³/mol. The second-order valence-electron chi connectivity index (χ2n) is 5.62. The Hall–Kier alpha value is -1.44. The molecule has 130 valence electrons. The van der Waals surface area contributed by atoms with E-state index in [4.69, 9.17) is 0 Å². The Bertz CT molecular complexity index is 617. The molecule has 1 aromatic carbocycles. The summed E-state index contributed by atoms with van der Waals surface area (Å²) in [7, 11) is -0.277. The highest BCUT2D eigenvalue weighted by Crippen LogP contribution is 2.17. The second kappa shape index (κ2) is 9.00. The van der Waals surface area contributed by atoms with Gasteiger partial charge < -0.3 is 10.2 Å². The van der Waals surface area contributed by atoms with Gasteiger partial charge in [-0.2, -0.15) is 0 Å². The van der Waals surface area contributed by atoms with Crippen LogP contribution < -0.4 is 10.0 Å². The molecule has 1 aromatic rings. The molecular weight excluding hydrogens is 314 g/mol. The van der Waals surface area contributed by atoms with Crippen molar-refractivity contribution in [3.05, 3.63) is 29.8 Å². The number of likely N-dealkylation sites (N-methyl/N-ethyl adjacent to an activating group) is 1. The van der Waals surface area contributed by atoms with Gasteiger partial charge in [-0.05, 0) is 32.5 Å². The molecule has 0 spiro atoms. The molecule has 6 nitrogen and oxygen atoms in total. The monoisotopic (exact) mass is 341 g/mol. The zero-order chi connectivity index (χ0) is 17.5. The highest BCUT2D eigenvalue weighted by molar-refractivity contribution is 7.89. The van der Waals surface area contributed by atoms with E-state index in [1.807, 2.05) is 13.8 Å². The molecule has 0 radical (unpaired) electrons. The molecule has 0 aromatic heterocycles. The van der Waals surface area contributed by atoms with E-state index in [1.165, 1.54) is 6.07 Å². The highest BCUT2D eigenvalue weighted by atomic mass is 32.2. The Morgan fingerprint density at radius 3 is 2.57 bits per heavy atom. The molecule has 2 N–H and O–H groups in total. The number of hydrogen-bond donors (Lipinski definition) is 2. The first kappa shape index (κ1) is 19.6. The van der Waals surface area contributed by atoms with E-state index in [9.17, 15) is 13.2 Å². The maximum Gasteiger partial charge on any atom is 0.254 e. The fourth-order valence-corrected chi connectivity index (χ4v) is 3.32. The Morgan fingerprint density at radius 2 is 1.96 bits per heavy atom. The lowest BCUT2D eigenvalue weighted by atomic mass is 10.2. The SMILES string of the molecule is CCCCN(C)C(=O)c1ccccc1S(=O)(=O)NCC(C)NC. The van der Waals surface area contributed by atoms with Crippen LogP contribution in [0.5, 0.6) is 0 Å². The number of nitrogens with one attached hydrogen (secondary N) is 2. The molecule has 1 amide bonds. The van der Waals surface area contributed by atoms with Crippen molar-refractivity contribution >= 4 is 15.9 Å². The molecule has 7 heteroatoms. The quantitative estimate of drug-likeness (QED) is 0.712. The van der Waals surface area contributed by atoms with Gasteiger partial charge in [0.2, 0.25) is 10.0 Å². The van der Waals surface area contributed by atoms with Gasteiger partial charge in [0.15, 0.2) is 0 Å². The van der Waals surface area contributed by atoms with E-state index in [0.717, 1.165) is 12.8 Å². The smallest absolute Gasteiger partial charge is 0.254 e. The number of unbranched alkanes of at least 4 members (excludes halogenated alkanes) is 1. The third-order valence-corrected chi connectivity index (χ3v) is 5.15. The van der Waals surface area contributed by atoms with Crippen LogP contribution in [0.2, 0.25) is 0 Å². The first-order chi connectivity index (χ1) is 10.8. The lowest BCUT2D eigenvalue weighted by Gasteiger charge is -2.19. The van der Waals surface area contributed by atoms with Crippen LogP contribution in [0.4, 0.5) is 0 Å². The molecule has 0 saturated carbocycles. The van der Waals surface area contributed by atoms with Crippen molar-refractivity contribution in [2.24, 2.45) is 0 Å². The van der Waals surface area contributed by atoms with Crippen molar-refractivity contribution in [1.29, 1.82) is 0 Å². The molecular formula is C16H27N3O3S. The van der Waals surface area contributed by atoms with Crippen molar-refractivity contribution in [2.75, 3.05) is 27.2 Å². The molecule has 0 fully saturated rings. The molecule has 1 atom stereocenters. The zero-order valence-electron chi connectivity index (χ0n) is 14.3. The summed E-state index contributed by atoms with van der Waals surface area (Å²) in [4.78, 5) is 14.1. The number of hydrogen-bond acceptors (Lipinski definition) is 4. The third-order valence-electron chi connectivity index (χ3n) is 3.67. The van der Waals surface area contributed by atoms with Crippen LogP contribution >= 0.6 is 0 Å². The van der Waals surface area contributed by atoms with Gasteiger partial charge in [0.25, 0.3) is 5.91 Å². The number of nitrogens with zero attached hydrogens (tertiary/aromatic N) is 1.